The van der Waals surface area contributed by atoms with E-state index in [1.165, 1.54) is 0 Å². The molecule has 2 aromatic rings. The Kier molecular flexibility index (Phi) is 3.55. The largest absolute Gasteiger partial charge is 0.495 e. The van der Waals surface area contributed by atoms with Crippen molar-refractivity contribution in [2.45, 2.75) is 12.5 Å². The predicted molar refractivity (Wildman–Crippen MR) is 72.9 cm³/mol. The van der Waals surface area contributed by atoms with Gasteiger partial charge in [-0.3, -0.25) is 4.98 Å². The van der Waals surface area contributed by atoms with E-state index in [1.807, 2.05) is 43.3 Å². The van der Waals surface area contributed by atoms with E-state index in [9.17, 15) is 0 Å². The number of rotatable bonds is 3. The van der Waals surface area contributed by atoms with Crippen LogP contribution in [0.15, 0.2) is 42.6 Å². The number of hydrogen-bond acceptors (Lipinski definition) is 3. The fraction of sp³-hybridized carbons (Fsp3) is 0.214. The first-order valence-electron chi connectivity index (χ1n) is 5.60. The van der Waals surface area contributed by atoms with Gasteiger partial charge in [0.2, 0.25) is 0 Å². The molecule has 1 heterocycles. The third-order valence-corrected chi connectivity index (χ3v) is 3.18. The zero-order valence-electron chi connectivity index (χ0n) is 10.4. The lowest BCUT2D eigenvalue weighted by Gasteiger charge is -2.26. The molecule has 0 aliphatic heterocycles. The summed E-state index contributed by atoms with van der Waals surface area (Å²) in [4.78, 5) is 4.34. The smallest absolute Gasteiger partial charge is 0.142 e. The maximum Gasteiger partial charge on any atom is 0.142 e. The Hall–Kier alpha value is -1.58. The van der Waals surface area contributed by atoms with Gasteiger partial charge in [0.25, 0.3) is 0 Å². The molecule has 0 amide bonds. The summed E-state index contributed by atoms with van der Waals surface area (Å²) in [5, 5.41) is 0.683. The Morgan fingerprint density at radius 2 is 1.89 bits per heavy atom. The number of nitrogens with two attached hydrogens (primary N) is 1. The van der Waals surface area contributed by atoms with Crippen LogP contribution in [0.4, 0.5) is 0 Å². The van der Waals surface area contributed by atoms with Crippen molar-refractivity contribution in [3.05, 3.63) is 58.9 Å². The van der Waals surface area contributed by atoms with Gasteiger partial charge >= 0.3 is 0 Å². The van der Waals surface area contributed by atoms with Gasteiger partial charge in [0, 0.05) is 11.2 Å². The predicted octanol–water partition coefficient (Wildman–Crippen LogP) is 2.97. The summed E-state index contributed by atoms with van der Waals surface area (Å²) in [5.74, 6) is 0.678. The highest BCUT2D eigenvalue weighted by atomic mass is 35.5. The van der Waals surface area contributed by atoms with E-state index in [0.29, 0.717) is 16.5 Å². The van der Waals surface area contributed by atoms with E-state index in [4.69, 9.17) is 22.1 Å². The second-order valence-corrected chi connectivity index (χ2v) is 4.70. The molecule has 3 nitrogen and oxygen atoms in total. The van der Waals surface area contributed by atoms with E-state index in [1.54, 1.807) is 13.3 Å². The van der Waals surface area contributed by atoms with Crippen molar-refractivity contribution in [2.24, 2.45) is 5.73 Å². The molecule has 0 bridgehead atoms. The number of nitrogens with zero attached hydrogens (tertiary/aromatic N) is 1. The van der Waals surface area contributed by atoms with Crippen molar-refractivity contribution in [2.75, 3.05) is 7.11 Å². The Morgan fingerprint density at radius 1 is 1.22 bits per heavy atom. The van der Waals surface area contributed by atoms with Gasteiger partial charge in [0.1, 0.15) is 11.4 Å². The second-order valence-electron chi connectivity index (χ2n) is 4.26. The summed E-state index contributed by atoms with van der Waals surface area (Å²) >= 11 is 5.89. The zero-order valence-corrected chi connectivity index (χ0v) is 11.1. The molecule has 0 radical (unpaired) electrons. The van der Waals surface area contributed by atoms with Crippen LogP contribution in [0.3, 0.4) is 0 Å². The second kappa shape index (κ2) is 4.96. The normalized spacial score (nSPS) is 14.0. The molecule has 0 fully saturated rings. The van der Waals surface area contributed by atoms with Crippen molar-refractivity contribution in [3.8, 4) is 5.75 Å². The highest BCUT2D eigenvalue weighted by molar-refractivity contribution is 6.30. The van der Waals surface area contributed by atoms with E-state index in [0.717, 1.165) is 5.56 Å². The molecule has 1 aromatic heterocycles. The molecule has 0 aliphatic rings. The molecule has 1 aromatic carbocycles. The highest BCUT2D eigenvalue weighted by Gasteiger charge is 2.28. The maximum atomic E-state index is 6.40. The van der Waals surface area contributed by atoms with Crippen LogP contribution in [-0.4, -0.2) is 12.1 Å². The van der Waals surface area contributed by atoms with Gasteiger partial charge < -0.3 is 10.5 Å². The molecule has 0 saturated heterocycles. The number of halogens is 1. The average Bonchev–Trinajstić information content (AvgIpc) is 2.39. The zero-order chi connectivity index (χ0) is 13.2. The molecule has 4 heteroatoms. The van der Waals surface area contributed by atoms with Crippen LogP contribution < -0.4 is 10.5 Å². The molecule has 1 atom stereocenters. The number of hydrogen-bond donors (Lipinski definition) is 1. The van der Waals surface area contributed by atoms with Crippen molar-refractivity contribution in [1.82, 2.24) is 4.98 Å². The van der Waals surface area contributed by atoms with Gasteiger partial charge in [-0.25, -0.2) is 0 Å². The van der Waals surface area contributed by atoms with Crippen LogP contribution in [0.2, 0.25) is 5.02 Å². The first-order valence-corrected chi connectivity index (χ1v) is 5.98. The fourth-order valence-corrected chi connectivity index (χ4v) is 2.00. The highest BCUT2D eigenvalue weighted by Crippen LogP contribution is 2.31. The summed E-state index contributed by atoms with van der Waals surface area (Å²) in [6.45, 7) is 1.90. The lowest BCUT2D eigenvalue weighted by Crippen LogP contribution is -2.35. The quantitative estimate of drug-likeness (QED) is 0.925. The van der Waals surface area contributed by atoms with E-state index in [-0.39, 0.29) is 0 Å². The van der Waals surface area contributed by atoms with E-state index >= 15 is 0 Å². The summed E-state index contributed by atoms with van der Waals surface area (Å²) in [6, 6.07) is 11.1. The molecule has 2 rings (SSSR count). The minimum absolute atomic E-state index is 0.678. The van der Waals surface area contributed by atoms with Crippen molar-refractivity contribution in [1.29, 1.82) is 0 Å². The van der Waals surface area contributed by atoms with Gasteiger partial charge in [0.05, 0.1) is 12.6 Å². The average molecular weight is 263 g/mol. The van der Waals surface area contributed by atoms with Crippen LogP contribution in [0.1, 0.15) is 18.2 Å². The minimum Gasteiger partial charge on any atom is -0.495 e. The molecule has 0 spiro atoms. The number of methoxy groups -OCH3 is 1. The van der Waals surface area contributed by atoms with Gasteiger partial charge in [-0.15, -0.1) is 0 Å². The molecule has 2 N–H and O–H groups in total. The number of ether oxygens (including phenoxy) is 1. The standard InChI is InChI=1S/C14H15ClN2O/c1-14(16,10-5-7-11(15)8-6-10)13-12(18-2)4-3-9-17-13/h3-9H,16H2,1-2H3. The van der Waals surface area contributed by atoms with E-state index in [2.05, 4.69) is 4.98 Å². The van der Waals surface area contributed by atoms with Gasteiger partial charge in [-0.05, 0) is 36.8 Å². The summed E-state index contributed by atoms with van der Waals surface area (Å²) < 4.78 is 5.31. The Morgan fingerprint density at radius 3 is 2.50 bits per heavy atom. The Bertz CT molecular complexity index is 538. The van der Waals surface area contributed by atoms with Crippen LogP contribution >= 0.6 is 11.6 Å². The SMILES string of the molecule is COc1cccnc1C(C)(N)c1ccc(Cl)cc1. The Balaban J connectivity index is 2.50. The molecule has 0 saturated carbocycles. The summed E-state index contributed by atoms with van der Waals surface area (Å²) in [7, 11) is 1.61. The first-order chi connectivity index (χ1) is 8.55. The first kappa shape index (κ1) is 12.9. The number of aromatic nitrogens is 1. The lowest BCUT2D eigenvalue weighted by molar-refractivity contribution is 0.393. The Labute approximate surface area is 112 Å². The summed E-state index contributed by atoms with van der Waals surface area (Å²) in [5.41, 5.74) is 7.31. The molecular formula is C14H15ClN2O. The monoisotopic (exact) mass is 262 g/mol. The van der Waals surface area contributed by atoms with Gasteiger partial charge in [0.15, 0.2) is 0 Å². The molecule has 94 valence electrons. The minimum atomic E-state index is -0.725. The third kappa shape index (κ3) is 2.33. The van der Waals surface area contributed by atoms with Crippen LogP contribution in [0.25, 0.3) is 0 Å². The third-order valence-electron chi connectivity index (χ3n) is 2.93. The molecule has 18 heavy (non-hydrogen) atoms. The van der Waals surface area contributed by atoms with Gasteiger partial charge in [-0.1, -0.05) is 23.7 Å². The topological polar surface area (TPSA) is 48.1 Å². The summed E-state index contributed by atoms with van der Waals surface area (Å²) in [6.07, 6.45) is 1.71. The van der Waals surface area contributed by atoms with Crippen molar-refractivity contribution >= 4 is 11.6 Å². The van der Waals surface area contributed by atoms with Gasteiger partial charge in [-0.2, -0.15) is 0 Å². The van der Waals surface area contributed by atoms with E-state index < -0.39 is 5.54 Å². The van der Waals surface area contributed by atoms with Crippen molar-refractivity contribution < 1.29 is 4.74 Å². The van der Waals surface area contributed by atoms with Crippen molar-refractivity contribution in [3.63, 3.8) is 0 Å². The van der Waals surface area contributed by atoms with Crippen LogP contribution in [0.5, 0.6) is 5.75 Å². The van der Waals surface area contributed by atoms with Crippen LogP contribution in [-0.2, 0) is 5.54 Å². The fourth-order valence-electron chi connectivity index (χ4n) is 1.88. The molecule has 0 aliphatic carbocycles. The number of pyridine rings is 1. The molecular weight excluding hydrogens is 248 g/mol. The van der Waals surface area contributed by atoms with Crippen LogP contribution in [0, 0.1) is 0 Å². The molecule has 1 unspecified atom stereocenters. The number of benzene rings is 1. The lowest BCUT2D eigenvalue weighted by atomic mass is 9.89. The maximum absolute atomic E-state index is 6.40.